The quantitative estimate of drug-likeness (QED) is 0.675. The van der Waals surface area contributed by atoms with Gasteiger partial charge in [-0.05, 0) is 37.1 Å². The van der Waals surface area contributed by atoms with Crippen molar-refractivity contribution in [2.45, 2.75) is 19.3 Å². The van der Waals surface area contributed by atoms with E-state index in [0.29, 0.717) is 29.7 Å². The highest BCUT2D eigenvalue weighted by Crippen LogP contribution is 2.19. The standard InChI is InChI=1S/C15H17N3O3/c16-13(19)6-1-2-9-17-14-8-7-10-11(15(20)21)4-3-5-12(10)18-14/h3-5,7-8H,1-2,6,9H2,(H2,16,19)(H,17,18)(H,20,21). The second-order valence-electron chi connectivity index (χ2n) is 4.72. The largest absolute Gasteiger partial charge is 0.478 e. The van der Waals surface area contributed by atoms with Gasteiger partial charge < -0.3 is 16.2 Å². The molecule has 0 radical (unpaired) electrons. The van der Waals surface area contributed by atoms with Gasteiger partial charge in [-0.3, -0.25) is 4.79 Å². The van der Waals surface area contributed by atoms with E-state index < -0.39 is 5.97 Å². The number of carbonyl (C=O) groups is 2. The van der Waals surface area contributed by atoms with Crippen LogP contribution in [-0.2, 0) is 4.79 Å². The molecule has 1 aromatic carbocycles. The van der Waals surface area contributed by atoms with Gasteiger partial charge in [0.2, 0.25) is 5.91 Å². The minimum Gasteiger partial charge on any atom is -0.478 e. The van der Waals surface area contributed by atoms with E-state index in [1.54, 1.807) is 30.3 Å². The van der Waals surface area contributed by atoms with Crippen LogP contribution in [0.1, 0.15) is 29.6 Å². The Kier molecular flexibility index (Phi) is 4.71. The van der Waals surface area contributed by atoms with Crippen LogP contribution < -0.4 is 11.1 Å². The van der Waals surface area contributed by atoms with E-state index in [1.165, 1.54) is 0 Å². The maximum atomic E-state index is 11.1. The van der Waals surface area contributed by atoms with Crippen molar-refractivity contribution >= 4 is 28.6 Å². The van der Waals surface area contributed by atoms with Gasteiger partial charge in [0.05, 0.1) is 11.1 Å². The Bertz CT molecular complexity index is 670. The van der Waals surface area contributed by atoms with E-state index >= 15 is 0 Å². The average molecular weight is 287 g/mol. The molecule has 0 saturated heterocycles. The van der Waals surface area contributed by atoms with Gasteiger partial charge in [0.15, 0.2) is 0 Å². The Hall–Kier alpha value is -2.63. The van der Waals surface area contributed by atoms with Crippen molar-refractivity contribution in [1.82, 2.24) is 4.98 Å². The van der Waals surface area contributed by atoms with Crippen molar-refractivity contribution in [3.8, 4) is 0 Å². The summed E-state index contributed by atoms with van der Waals surface area (Å²) in [6.07, 6.45) is 1.94. The van der Waals surface area contributed by atoms with Crippen molar-refractivity contribution in [1.29, 1.82) is 0 Å². The molecule has 1 aromatic heterocycles. The molecule has 0 fully saturated rings. The minimum absolute atomic E-state index is 0.244. The van der Waals surface area contributed by atoms with Crippen molar-refractivity contribution in [2.75, 3.05) is 11.9 Å². The summed E-state index contributed by atoms with van der Waals surface area (Å²) in [6.45, 7) is 0.685. The molecule has 0 aliphatic heterocycles. The number of nitrogens with zero attached hydrogens (tertiary/aromatic N) is 1. The van der Waals surface area contributed by atoms with E-state index in [9.17, 15) is 9.59 Å². The number of aromatic nitrogens is 1. The van der Waals surface area contributed by atoms with Crippen molar-refractivity contribution in [3.05, 3.63) is 35.9 Å². The topological polar surface area (TPSA) is 105 Å². The highest BCUT2D eigenvalue weighted by molar-refractivity contribution is 6.02. The first-order valence-corrected chi connectivity index (χ1v) is 6.73. The molecular weight excluding hydrogens is 270 g/mol. The van der Waals surface area contributed by atoms with Gasteiger partial charge in [0.25, 0.3) is 0 Å². The summed E-state index contributed by atoms with van der Waals surface area (Å²) in [7, 11) is 0. The number of primary amides is 1. The number of aromatic carboxylic acids is 1. The molecule has 0 aliphatic carbocycles. The molecule has 0 saturated carbocycles. The Balaban J connectivity index is 2.03. The summed E-state index contributed by atoms with van der Waals surface area (Å²) in [5.41, 5.74) is 5.95. The normalized spacial score (nSPS) is 10.5. The lowest BCUT2D eigenvalue weighted by atomic mass is 10.1. The second kappa shape index (κ2) is 6.69. The van der Waals surface area contributed by atoms with E-state index in [4.69, 9.17) is 10.8 Å². The molecule has 0 aliphatic rings. The number of hydrogen-bond donors (Lipinski definition) is 3. The zero-order chi connectivity index (χ0) is 15.2. The highest BCUT2D eigenvalue weighted by Gasteiger charge is 2.08. The molecule has 4 N–H and O–H groups in total. The minimum atomic E-state index is -0.963. The first kappa shape index (κ1) is 14.8. The van der Waals surface area contributed by atoms with Gasteiger partial charge in [-0.15, -0.1) is 0 Å². The second-order valence-corrected chi connectivity index (χ2v) is 4.72. The van der Waals surface area contributed by atoms with Gasteiger partial charge in [-0.1, -0.05) is 6.07 Å². The van der Waals surface area contributed by atoms with Crippen LogP contribution in [0.2, 0.25) is 0 Å². The summed E-state index contributed by atoms with van der Waals surface area (Å²) in [6, 6.07) is 8.51. The van der Waals surface area contributed by atoms with Crippen LogP contribution in [0.3, 0.4) is 0 Å². The molecule has 6 heteroatoms. The third-order valence-corrected chi connectivity index (χ3v) is 3.12. The van der Waals surface area contributed by atoms with E-state index in [2.05, 4.69) is 10.3 Å². The Morgan fingerprint density at radius 3 is 2.71 bits per heavy atom. The van der Waals surface area contributed by atoms with E-state index in [-0.39, 0.29) is 11.5 Å². The number of anilines is 1. The number of pyridine rings is 1. The van der Waals surface area contributed by atoms with E-state index in [0.717, 1.165) is 12.8 Å². The third-order valence-electron chi connectivity index (χ3n) is 3.12. The van der Waals surface area contributed by atoms with Gasteiger partial charge in [-0.2, -0.15) is 0 Å². The maximum Gasteiger partial charge on any atom is 0.336 e. The fraction of sp³-hybridized carbons (Fsp3) is 0.267. The molecule has 0 spiro atoms. The Labute approximate surface area is 122 Å². The molecular formula is C15H17N3O3. The lowest BCUT2D eigenvalue weighted by Crippen LogP contribution is -2.11. The smallest absolute Gasteiger partial charge is 0.336 e. The molecule has 0 unspecified atom stereocenters. The lowest BCUT2D eigenvalue weighted by Gasteiger charge is -2.07. The summed E-state index contributed by atoms with van der Waals surface area (Å²) in [5.74, 6) is -0.571. The van der Waals surface area contributed by atoms with Crippen molar-refractivity contribution < 1.29 is 14.7 Å². The molecule has 6 nitrogen and oxygen atoms in total. The number of nitrogens with one attached hydrogen (secondary N) is 1. The summed E-state index contributed by atoms with van der Waals surface area (Å²) in [4.78, 5) is 26.1. The lowest BCUT2D eigenvalue weighted by molar-refractivity contribution is -0.118. The fourth-order valence-corrected chi connectivity index (χ4v) is 2.08. The first-order valence-electron chi connectivity index (χ1n) is 6.73. The van der Waals surface area contributed by atoms with Crippen molar-refractivity contribution in [2.24, 2.45) is 5.73 Å². The zero-order valence-corrected chi connectivity index (χ0v) is 11.5. The number of carbonyl (C=O) groups excluding carboxylic acids is 1. The molecule has 0 bridgehead atoms. The van der Waals surface area contributed by atoms with Crippen molar-refractivity contribution in [3.63, 3.8) is 0 Å². The number of rotatable bonds is 7. The maximum absolute atomic E-state index is 11.1. The molecule has 0 atom stereocenters. The number of nitrogens with two attached hydrogens (primary N) is 1. The number of hydrogen-bond acceptors (Lipinski definition) is 4. The van der Waals surface area contributed by atoms with Crippen LogP contribution in [0, 0.1) is 0 Å². The van der Waals surface area contributed by atoms with Crippen LogP contribution in [0.25, 0.3) is 10.9 Å². The predicted octanol–water partition coefficient (Wildman–Crippen LogP) is 2.00. The van der Waals surface area contributed by atoms with E-state index in [1.807, 2.05) is 0 Å². The molecule has 2 rings (SSSR count). The number of benzene rings is 1. The average Bonchev–Trinajstić information content (AvgIpc) is 2.45. The SMILES string of the molecule is NC(=O)CCCCNc1ccc2c(C(=O)O)cccc2n1. The Morgan fingerprint density at radius 1 is 1.19 bits per heavy atom. The molecule has 21 heavy (non-hydrogen) atoms. The molecule has 1 heterocycles. The summed E-state index contributed by atoms with van der Waals surface area (Å²) >= 11 is 0. The summed E-state index contributed by atoms with van der Waals surface area (Å²) in [5, 5.41) is 12.9. The van der Waals surface area contributed by atoms with Crippen LogP contribution in [0.15, 0.2) is 30.3 Å². The highest BCUT2D eigenvalue weighted by atomic mass is 16.4. The Morgan fingerprint density at radius 2 is 2.00 bits per heavy atom. The molecule has 2 aromatic rings. The van der Waals surface area contributed by atoms with Gasteiger partial charge in [-0.25, -0.2) is 9.78 Å². The fourth-order valence-electron chi connectivity index (χ4n) is 2.08. The predicted molar refractivity (Wildman–Crippen MR) is 80.2 cm³/mol. The van der Waals surface area contributed by atoms with Crippen LogP contribution in [-0.4, -0.2) is 28.5 Å². The molecule has 110 valence electrons. The number of carboxylic acid groups (broad SMARTS) is 1. The molecule has 1 amide bonds. The number of carboxylic acids is 1. The van der Waals surface area contributed by atoms with Crippen LogP contribution >= 0.6 is 0 Å². The van der Waals surface area contributed by atoms with Crippen LogP contribution in [0.5, 0.6) is 0 Å². The number of amides is 1. The summed E-state index contributed by atoms with van der Waals surface area (Å²) < 4.78 is 0. The van der Waals surface area contributed by atoms with Gasteiger partial charge in [0.1, 0.15) is 5.82 Å². The number of fused-ring (bicyclic) bond motifs is 1. The van der Waals surface area contributed by atoms with Gasteiger partial charge in [0, 0.05) is 18.4 Å². The first-order chi connectivity index (χ1) is 10.1. The van der Waals surface area contributed by atoms with Gasteiger partial charge >= 0.3 is 5.97 Å². The van der Waals surface area contributed by atoms with Crippen LogP contribution in [0.4, 0.5) is 5.82 Å². The monoisotopic (exact) mass is 287 g/mol. The third kappa shape index (κ3) is 3.92. The zero-order valence-electron chi connectivity index (χ0n) is 11.5. The number of unbranched alkanes of at least 4 members (excludes halogenated alkanes) is 1.